The number of unbranched alkanes of at least 4 members (excludes halogenated alkanes) is 6. The van der Waals surface area contributed by atoms with Gasteiger partial charge in [-0.3, -0.25) is 0 Å². The van der Waals surface area contributed by atoms with Crippen molar-refractivity contribution in [2.45, 2.75) is 80.8 Å². The van der Waals surface area contributed by atoms with E-state index >= 15 is 0 Å². The Kier molecular flexibility index (Phi) is 21.2. The number of esters is 2. The highest BCUT2D eigenvalue weighted by atomic mass is 32.2. The number of ether oxygens (including phenoxy) is 4. The van der Waals surface area contributed by atoms with E-state index in [0.29, 0.717) is 19.0 Å². The van der Waals surface area contributed by atoms with E-state index < -0.39 is 5.97 Å². The van der Waals surface area contributed by atoms with Crippen LogP contribution in [-0.4, -0.2) is 52.3 Å². The summed E-state index contributed by atoms with van der Waals surface area (Å²) in [6.07, 6.45) is 24.2. The maximum Gasteiger partial charge on any atom is 0.339 e. The van der Waals surface area contributed by atoms with Gasteiger partial charge in [-0.25, -0.2) is 9.59 Å². The Labute approximate surface area is 419 Å². The number of hydrogen-bond donors (Lipinski definition) is 0. The third-order valence-corrected chi connectivity index (χ3v) is 14.0. The van der Waals surface area contributed by atoms with Crippen molar-refractivity contribution in [2.24, 2.45) is 0 Å². The lowest BCUT2D eigenvalue weighted by Crippen LogP contribution is -2.28. The standard InChI is InChI=1S/C61H67N2O6S/c1-6-9-11-19-41-67-58-44-52(59(68-42-20-12-10-7-2)43-51(58)31-25-48-27-33-53(34-28-48)62(4)45-60(64)66-8-3)32-26-49-29-35-54(36-30-49)63(5)46-61(65)69-55-37-39-57(40-38-55)70(56-23-17-14-18-24-56)47-50-21-15-13-16-22-50/h3,13-18,21-40,43-44H,6-7,9-12,19-20,41-42,45-47H2,1-2,4-5H3/q+1/b31-25+,32-26+. The molecule has 0 N–H and O–H groups in total. The molecule has 0 aliphatic rings. The largest absolute Gasteiger partial charge is 0.493 e. The molecule has 0 saturated heterocycles. The summed E-state index contributed by atoms with van der Waals surface area (Å²) in [5.74, 6) is 2.17. The first-order valence-electron chi connectivity index (χ1n) is 24.4. The number of nitrogens with zero attached hydrogens (tertiary/aromatic N) is 2. The van der Waals surface area contributed by atoms with Crippen molar-refractivity contribution in [2.75, 3.05) is 50.2 Å². The van der Waals surface area contributed by atoms with E-state index in [9.17, 15) is 9.59 Å². The van der Waals surface area contributed by atoms with Crippen LogP contribution in [0.5, 0.6) is 17.2 Å². The number of anilines is 2. The van der Waals surface area contributed by atoms with Crippen LogP contribution in [0.3, 0.4) is 0 Å². The number of terminal acetylenes is 1. The van der Waals surface area contributed by atoms with Gasteiger partial charge < -0.3 is 28.7 Å². The van der Waals surface area contributed by atoms with E-state index in [-0.39, 0.29) is 30.0 Å². The highest BCUT2D eigenvalue weighted by Crippen LogP contribution is 2.34. The van der Waals surface area contributed by atoms with Gasteiger partial charge in [0.05, 0.1) is 24.1 Å². The fourth-order valence-corrected chi connectivity index (χ4v) is 9.79. The SMILES string of the molecule is C#COC(=O)CN(C)c1ccc(/C=C/c2cc(OCCCCCC)c(/C=C/c3ccc(N(C)CC(=O)Oc4ccc([S+](Cc5ccccc5)c5ccccc5)cc4)cc3)cc2OCCCCCC)cc1. The number of benzene rings is 6. The molecule has 0 spiro atoms. The molecule has 0 saturated carbocycles. The molecule has 0 radical (unpaired) electrons. The van der Waals surface area contributed by atoms with E-state index in [1.165, 1.54) is 28.2 Å². The fraction of sp³-hybridized carbons (Fsp3) is 0.279. The van der Waals surface area contributed by atoms with Crippen LogP contribution in [0, 0.1) is 12.5 Å². The molecule has 8 nitrogen and oxygen atoms in total. The Hall–Kier alpha value is -7.15. The molecule has 6 aromatic rings. The highest BCUT2D eigenvalue weighted by Gasteiger charge is 2.26. The van der Waals surface area contributed by atoms with Crippen molar-refractivity contribution in [1.82, 2.24) is 0 Å². The second kappa shape index (κ2) is 28.4. The second-order valence-corrected chi connectivity index (χ2v) is 19.2. The molecule has 0 aliphatic carbocycles. The zero-order valence-corrected chi connectivity index (χ0v) is 42.0. The average molecular weight is 956 g/mol. The number of carbonyl (C=O) groups is 2. The lowest BCUT2D eigenvalue weighted by atomic mass is 10.0. The predicted molar refractivity (Wildman–Crippen MR) is 290 cm³/mol. The zero-order valence-electron chi connectivity index (χ0n) is 41.2. The Balaban J connectivity index is 1.13. The van der Waals surface area contributed by atoms with Crippen LogP contribution in [0.4, 0.5) is 11.4 Å². The fourth-order valence-electron chi connectivity index (χ4n) is 7.71. The average Bonchev–Trinajstić information content (AvgIpc) is 3.38. The van der Waals surface area contributed by atoms with Crippen molar-refractivity contribution < 1.29 is 28.5 Å². The van der Waals surface area contributed by atoms with E-state index in [2.05, 4.69) is 116 Å². The van der Waals surface area contributed by atoms with Gasteiger partial charge in [0.1, 0.15) is 42.2 Å². The summed E-state index contributed by atoms with van der Waals surface area (Å²) in [5.41, 5.74) is 6.89. The van der Waals surface area contributed by atoms with Crippen molar-refractivity contribution in [3.8, 4) is 29.8 Å². The van der Waals surface area contributed by atoms with Gasteiger partial charge in [-0.05, 0) is 96.8 Å². The maximum absolute atomic E-state index is 13.2. The van der Waals surface area contributed by atoms with Gasteiger partial charge in [0.2, 0.25) is 0 Å². The summed E-state index contributed by atoms with van der Waals surface area (Å²) in [4.78, 5) is 31.3. The third kappa shape index (κ3) is 16.8. The molecule has 0 aliphatic heterocycles. The van der Waals surface area contributed by atoms with Crippen LogP contribution < -0.4 is 24.0 Å². The molecule has 1 unspecified atom stereocenters. The first-order valence-corrected chi connectivity index (χ1v) is 25.8. The van der Waals surface area contributed by atoms with Crippen LogP contribution in [0.2, 0.25) is 0 Å². The van der Waals surface area contributed by atoms with Gasteiger partial charge in [0.15, 0.2) is 9.79 Å². The molecule has 362 valence electrons. The van der Waals surface area contributed by atoms with Crippen LogP contribution in [-0.2, 0) is 31.0 Å². The van der Waals surface area contributed by atoms with Crippen molar-refractivity contribution in [3.63, 3.8) is 0 Å². The molecule has 6 rings (SSSR count). The smallest absolute Gasteiger partial charge is 0.339 e. The van der Waals surface area contributed by atoms with Crippen molar-refractivity contribution >= 4 is 58.5 Å². The summed E-state index contributed by atoms with van der Waals surface area (Å²) in [7, 11) is 3.54. The summed E-state index contributed by atoms with van der Waals surface area (Å²) in [5, 5.41) is 0. The predicted octanol–water partition coefficient (Wildman–Crippen LogP) is 13.8. The molecule has 6 aromatic carbocycles. The minimum Gasteiger partial charge on any atom is -0.493 e. The van der Waals surface area contributed by atoms with Gasteiger partial charge >= 0.3 is 11.9 Å². The van der Waals surface area contributed by atoms with E-state index in [1.54, 1.807) is 4.90 Å². The van der Waals surface area contributed by atoms with Gasteiger partial charge in [-0.2, -0.15) is 0 Å². The van der Waals surface area contributed by atoms with Crippen LogP contribution in [0.1, 0.15) is 93.0 Å². The van der Waals surface area contributed by atoms with Crippen LogP contribution in [0.25, 0.3) is 24.3 Å². The molecule has 0 fully saturated rings. The van der Waals surface area contributed by atoms with E-state index in [0.717, 1.165) is 89.4 Å². The Morgan fingerprint density at radius 1 is 0.557 bits per heavy atom. The molecule has 0 amide bonds. The molecular formula is C61H67N2O6S+. The zero-order chi connectivity index (χ0) is 49.3. The van der Waals surface area contributed by atoms with Crippen molar-refractivity contribution in [1.29, 1.82) is 0 Å². The number of hydrogen-bond acceptors (Lipinski definition) is 8. The number of likely N-dealkylation sites (N-methyl/N-ethyl adjacent to an activating group) is 2. The summed E-state index contributed by atoms with van der Waals surface area (Å²) in [6.45, 7) is 5.79. The van der Waals surface area contributed by atoms with Crippen molar-refractivity contribution in [3.05, 3.63) is 173 Å². The Bertz CT molecular complexity index is 2620. The van der Waals surface area contributed by atoms with Gasteiger partial charge in [-0.15, -0.1) is 0 Å². The highest BCUT2D eigenvalue weighted by molar-refractivity contribution is 7.96. The van der Waals surface area contributed by atoms with Gasteiger partial charge in [-0.1, -0.05) is 156 Å². The maximum atomic E-state index is 13.2. The molecule has 0 heterocycles. The normalized spacial score (nSPS) is 11.5. The van der Waals surface area contributed by atoms with Gasteiger partial charge in [0.25, 0.3) is 0 Å². The number of rotatable bonds is 27. The summed E-state index contributed by atoms with van der Waals surface area (Å²) in [6, 6.07) is 49.3. The molecule has 0 bridgehead atoms. The van der Waals surface area contributed by atoms with Crippen LogP contribution >= 0.6 is 0 Å². The molecule has 9 heteroatoms. The van der Waals surface area contributed by atoms with Gasteiger partial charge in [0, 0.05) is 42.2 Å². The number of carbonyl (C=O) groups excluding carboxylic acids is 2. The Morgan fingerprint density at radius 3 is 1.51 bits per heavy atom. The summed E-state index contributed by atoms with van der Waals surface area (Å²) < 4.78 is 23.5. The monoisotopic (exact) mass is 955 g/mol. The van der Waals surface area contributed by atoms with E-state index in [4.69, 9.17) is 20.6 Å². The molecular weight excluding hydrogens is 889 g/mol. The minimum absolute atomic E-state index is 0.0472. The lowest BCUT2D eigenvalue weighted by molar-refractivity contribution is -0.135. The van der Waals surface area contributed by atoms with E-state index in [1.807, 2.05) is 97.9 Å². The minimum atomic E-state index is -0.485. The quantitative estimate of drug-likeness (QED) is 0.0126. The second-order valence-electron chi connectivity index (χ2n) is 17.2. The molecule has 70 heavy (non-hydrogen) atoms. The molecule has 0 aromatic heterocycles. The Morgan fingerprint density at radius 2 is 1.03 bits per heavy atom. The van der Waals surface area contributed by atoms with Crippen LogP contribution in [0.15, 0.2) is 155 Å². The lowest BCUT2D eigenvalue weighted by Gasteiger charge is -2.18. The third-order valence-electron chi connectivity index (χ3n) is 11.7. The first kappa shape index (κ1) is 52.2. The topological polar surface area (TPSA) is 77.5 Å². The summed E-state index contributed by atoms with van der Waals surface area (Å²) >= 11 is 0. The molecule has 1 atom stereocenters. The first-order chi connectivity index (χ1) is 34.2.